The van der Waals surface area contributed by atoms with Gasteiger partial charge in [0.25, 0.3) is 0 Å². The lowest BCUT2D eigenvalue weighted by Crippen LogP contribution is -2.33. The Kier molecular flexibility index (Phi) is 4.65. The van der Waals surface area contributed by atoms with Gasteiger partial charge in [-0.05, 0) is 42.9 Å². The first kappa shape index (κ1) is 14.9. The summed E-state index contributed by atoms with van der Waals surface area (Å²) >= 11 is 0. The van der Waals surface area contributed by atoms with E-state index in [1.165, 1.54) is 0 Å². The van der Waals surface area contributed by atoms with Gasteiger partial charge in [-0.25, -0.2) is 4.79 Å². The number of amides is 2. The average molecular weight is 276 g/mol. The minimum absolute atomic E-state index is 0.0297. The monoisotopic (exact) mass is 276 g/mol. The van der Waals surface area contributed by atoms with Crippen LogP contribution in [0, 0.1) is 11.8 Å². The number of benzene rings is 1. The molecule has 1 aliphatic heterocycles. The highest BCUT2D eigenvalue weighted by molar-refractivity contribution is 5.89. The van der Waals surface area contributed by atoms with Gasteiger partial charge in [-0.3, -0.25) is 0 Å². The van der Waals surface area contributed by atoms with Crippen molar-refractivity contribution in [2.45, 2.75) is 33.3 Å². The molecule has 2 amide bonds. The summed E-state index contributed by atoms with van der Waals surface area (Å²) < 4.78 is 0. The summed E-state index contributed by atoms with van der Waals surface area (Å²) in [7, 11) is 0. The summed E-state index contributed by atoms with van der Waals surface area (Å²) in [6.45, 7) is 7.82. The number of urea groups is 1. The van der Waals surface area contributed by atoms with Crippen molar-refractivity contribution in [2.75, 3.05) is 18.4 Å². The van der Waals surface area contributed by atoms with Gasteiger partial charge >= 0.3 is 6.03 Å². The predicted octanol–water partition coefficient (Wildman–Crippen LogP) is 3.25. The van der Waals surface area contributed by atoms with Crippen LogP contribution >= 0.6 is 0 Å². The predicted molar refractivity (Wildman–Crippen MR) is 80.6 cm³/mol. The fourth-order valence-corrected chi connectivity index (χ4v) is 2.56. The molecule has 2 N–H and O–H groups in total. The first-order valence-corrected chi connectivity index (χ1v) is 7.31. The lowest BCUT2D eigenvalue weighted by atomic mass is 9.95. The number of aliphatic hydroxyl groups is 1. The normalized spacial score (nSPS) is 20.2. The zero-order valence-corrected chi connectivity index (χ0v) is 12.5. The van der Waals surface area contributed by atoms with Crippen LogP contribution in [0.15, 0.2) is 24.3 Å². The molecule has 4 nitrogen and oxygen atoms in total. The van der Waals surface area contributed by atoms with Gasteiger partial charge in [0.05, 0.1) is 6.10 Å². The Morgan fingerprint density at radius 2 is 1.95 bits per heavy atom. The molecule has 4 heteroatoms. The van der Waals surface area contributed by atoms with Crippen molar-refractivity contribution < 1.29 is 9.90 Å². The van der Waals surface area contributed by atoms with Crippen LogP contribution < -0.4 is 5.32 Å². The molecule has 110 valence electrons. The lowest BCUT2D eigenvalue weighted by Gasteiger charge is -2.19. The summed E-state index contributed by atoms with van der Waals surface area (Å²) in [5.74, 6) is 1.23. The number of carbonyl (C=O) groups excluding carboxylic acids is 1. The van der Waals surface area contributed by atoms with Gasteiger partial charge in [-0.15, -0.1) is 0 Å². The SMILES string of the molecule is CC(O)c1ccc(NC(=O)N2CCC(C(C)C)C2)cc1. The van der Waals surface area contributed by atoms with Gasteiger partial charge in [-0.1, -0.05) is 26.0 Å². The zero-order valence-electron chi connectivity index (χ0n) is 12.5. The Hall–Kier alpha value is -1.55. The molecular weight excluding hydrogens is 252 g/mol. The van der Waals surface area contributed by atoms with Crippen LogP contribution in [0.4, 0.5) is 10.5 Å². The van der Waals surface area contributed by atoms with E-state index in [1.54, 1.807) is 6.92 Å². The van der Waals surface area contributed by atoms with Gasteiger partial charge < -0.3 is 15.3 Å². The third-order valence-corrected chi connectivity index (χ3v) is 4.10. The van der Waals surface area contributed by atoms with E-state index in [-0.39, 0.29) is 6.03 Å². The minimum Gasteiger partial charge on any atom is -0.389 e. The molecule has 2 unspecified atom stereocenters. The number of nitrogens with one attached hydrogen (secondary N) is 1. The Morgan fingerprint density at radius 3 is 2.45 bits per heavy atom. The van der Waals surface area contributed by atoms with Gasteiger partial charge in [0.2, 0.25) is 0 Å². The van der Waals surface area contributed by atoms with Crippen LogP contribution in [0.1, 0.15) is 38.9 Å². The average Bonchev–Trinajstić information content (AvgIpc) is 2.89. The smallest absolute Gasteiger partial charge is 0.321 e. The van der Waals surface area contributed by atoms with E-state index in [9.17, 15) is 9.90 Å². The standard InChI is InChI=1S/C16H24N2O2/c1-11(2)14-8-9-18(10-14)16(20)17-15-6-4-13(5-7-15)12(3)19/h4-7,11-12,14,19H,8-10H2,1-3H3,(H,17,20). The summed E-state index contributed by atoms with van der Waals surface area (Å²) in [6.07, 6.45) is 0.608. The maximum atomic E-state index is 12.2. The van der Waals surface area contributed by atoms with Crippen molar-refractivity contribution in [3.8, 4) is 0 Å². The van der Waals surface area contributed by atoms with E-state index in [2.05, 4.69) is 19.2 Å². The second kappa shape index (κ2) is 6.27. The lowest BCUT2D eigenvalue weighted by molar-refractivity contribution is 0.199. The van der Waals surface area contributed by atoms with Gasteiger partial charge in [-0.2, -0.15) is 0 Å². The number of anilines is 1. The Labute approximate surface area is 120 Å². The Balaban J connectivity index is 1.92. The van der Waals surface area contributed by atoms with E-state index in [0.717, 1.165) is 30.8 Å². The highest BCUT2D eigenvalue weighted by Crippen LogP contribution is 2.24. The first-order chi connectivity index (χ1) is 9.47. The quantitative estimate of drug-likeness (QED) is 0.890. The molecular formula is C16H24N2O2. The molecule has 1 saturated heterocycles. The summed E-state index contributed by atoms with van der Waals surface area (Å²) in [4.78, 5) is 14.0. The number of nitrogens with zero attached hydrogens (tertiary/aromatic N) is 1. The van der Waals surface area contributed by atoms with Gasteiger partial charge in [0.15, 0.2) is 0 Å². The maximum absolute atomic E-state index is 12.2. The second-order valence-electron chi connectivity index (χ2n) is 5.97. The molecule has 1 aromatic carbocycles. The number of aliphatic hydroxyl groups excluding tert-OH is 1. The third-order valence-electron chi connectivity index (χ3n) is 4.10. The van der Waals surface area contributed by atoms with Crippen LogP contribution in [0.2, 0.25) is 0 Å². The van der Waals surface area contributed by atoms with Gasteiger partial charge in [0.1, 0.15) is 0 Å². The highest BCUT2D eigenvalue weighted by Gasteiger charge is 2.27. The number of hydrogen-bond acceptors (Lipinski definition) is 2. The van der Waals surface area contributed by atoms with Crippen LogP contribution in [0.25, 0.3) is 0 Å². The van der Waals surface area contributed by atoms with Crippen molar-refractivity contribution in [2.24, 2.45) is 11.8 Å². The molecule has 20 heavy (non-hydrogen) atoms. The number of carbonyl (C=O) groups is 1. The van der Waals surface area contributed by atoms with Crippen LogP contribution in [0.3, 0.4) is 0 Å². The van der Waals surface area contributed by atoms with Crippen LogP contribution in [0.5, 0.6) is 0 Å². The molecule has 0 saturated carbocycles. The molecule has 1 aliphatic rings. The minimum atomic E-state index is -0.481. The van der Waals surface area contributed by atoms with Crippen molar-refractivity contribution in [1.29, 1.82) is 0 Å². The van der Waals surface area contributed by atoms with Crippen molar-refractivity contribution in [3.63, 3.8) is 0 Å². The van der Waals surface area contributed by atoms with E-state index in [0.29, 0.717) is 11.8 Å². The molecule has 0 aliphatic carbocycles. The molecule has 0 aromatic heterocycles. The molecule has 1 heterocycles. The zero-order chi connectivity index (χ0) is 14.7. The van der Waals surface area contributed by atoms with Crippen LogP contribution in [-0.2, 0) is 0 Å². The molecule has 0 bridgehead atoms. The Morgan fingerprint density at radius 1 is 1.30 bits per heavy atom. The molecule has 2 rings (SSSR count). The number of rotatable bonds is 3. The number of hydrogen-bond donors (Lipinski definition) is 2. The molecule has 1 fully saturated rings. The van der Waals surface area contributed by atoms with Crippen LogP contribution in [-0.4, -0.2) is 29.1 Å². The molecule has 0 radical (unpaired) electrons. The molecule has 1 aromatic rings. The summed E-state index contributed by atoms with van der Waals surface area (Å²) in [5.41, 5.74) is 1.62. The van der Waals surface area contributed by atoms with E-state index < -0.39 is 6.10 Å². The van der Waals surface area contributed by atoms with E-state index >= 15 is 0 Å². The van der Waals surface area contributed by atoms with Crippen molar-refractivity contribution >= 4 is 11.7 Å². The molecule has 2 atom stereocenters. The van der Waals surface area contributed by atoms with Gasteiger partial charge in [0, 0.05) is 18.8 Å². The maximum Gasteiger partial charge on any atom is 0.321 e. The Bertz CT molecular complexity index is 454. The van der Waals surface area contributed by atoms with Crippen molar-refractivity contribution in [3.05, 3.63) is 29.8 Å². The van der Waals surface area contributed by atoms with E-state index in [1.807, 2.05) is 29.2 Å². The topological polar surface area (TPSA) is 52.6 Å². The third kappa shape index (κ3) is 3.51. The fourth-order valence-electron chi connectivity index (χ4n) is 2.56. The second-order valence-corrected chi connectivity index (χ2v) is 5.97. The number of likely N-dealkylation sites (tertiary alicyclic amines) is 1. The largest absolute Gasteiger partial charge is 0.389 e. The molecule has 0 spiro atoms. The van der Waals surface area contributed by atoms with Crippen molar-refractivity contribution in [1.82, 2.24) is 4.90 Å². The first-order valence-electron chi connectivity index (χ1n) is 7.31. The summed E-state index contributed by atoms with van der Waals surface area (Å²) in [5, 5.41) is 12.4. The fraction of sp³-hybridized carbons (Fsp3) is 0.562. The van der Waals surface area contributed by atoms with E-state index in [4.69, 9.17) is 0 Å². The summed E-state index contributed by atoms with van der Waals surface area (Å²) in [6, 6.07) is 7.30. The highest BCUT2D eigenvalue weighted by atomic mass is 16.3.